The van der Waals surface area contributed by atoms with Crippen LogP contribution in [0.1, 0.15) is 43.9 Å². The summed E-state index contributed by atoms with van der Waals surface area (Å²) in [6, 6.07) is 6.41. The van der Waals surface area contributed by atoms with Gasteiger partial charge in [-0.2, -0.15) is 0 Å². The number of piperidine rings is 1. The number of nitrogens with one attached hydrogen (secondary N) is 2. The predicted molar refractivity (Wildman–Crippen MR) is 121 cm³/mol. The lowest BCUT2D eigenvalue weighted by molar-refractivity contribution is 0.214. The molecule has 148 valence electrons. The van der Waals surface area contributed by atoms with Crippen LogP contribution in [0.4, 0.5) is 0 Å². The molecule has 0 aromatic heterocycles. The molecule has 0 aliphatic carbocycles. The van der Waals surface area contributed by atoms with Gasteiger partial charge in [0, 0.05) is 25.2 Å². The lowest BCUT2D eigenvalue weighted by Gasteiger charge is -2.29. The van der Waals surface area contributed by atoms with Crippen molar-refractivity contribution in [3.05, 3.63) is 29.3 Å². The monoisotopic (exact) mass is 474 g/mol. The maximum Gasteiger partial charge on any atom is 0.191 e. The van der Waals surface area contributed by atoms with E-state index in [-0.39, 0.29) is 30.0 Å². The second-order valence-corrected chi connectivity index (χ2v) is 7.10. The van der Waals surface area contributed by atoms with E-state index in [9.17, 15) is 0 Å². The molecule has 1 aliphatic rings. The number of nitrogens with zero attached hydrogens (tertiary/aromatic N) is 2. The fourth-order valence-electron chi connectivity index (χ4n) is 3.44. The molecule has 0 saturated carbocycles. The molecule has 26 heavy (non-hydrogen) atoms. The summed E-state index contributed by atoms with van der Waals surface area (Å²) in [6.07, 6.45) is 2.55. The molecule has 5 nitrogen and oxygen atoms in total. The quantitative estimate of drug-likeness (QED) is 0.376. The highest BCUT2D eigenvalue weighted by molar-refractivity contribution is 14.0. The molecule has 1 fully saturated rings. The number of likely N-dealkylation sites (tertiary alicyclic amines) is 1. The summed E-state index contributed by atoms with van der Waals surface area (Å²) in [7, 11) is 3.92. The Balaban J connectivity index is 0.00000338. The van der Waals surface area contributed by atoms with Crippen molar-refractivity contribution in [3.63, 3.8) is 0 Å². The van der Waals surface area contributed by atoms with Gasteiger partial charge in [0.25, 0.3) is 0 Å². The van der Waals surface area contributed by atoms with Crippen LogP contribution in [0.5, 0.6) is 5.75 Å². The lowest BCUT2D eigenvalue weighted by Crippen LogP contribution is -2.40. The first-order valence-corrected chi connectivity index (χ1v) is 9.41. The van der Waals surface area contributed by atoms with Crippen LogP contribution in [-0.2, 0) is 0 Å². The average Bonchev–Trinajstić information content (AvgIpc) is 2.60. The summed E-state index contributed by atoms with van der Waals surface area (Å²) < 4.78 is 5.52. The highest BCUT2D eigenvalue weighted by atomic mass is 127. The van der Waals surface area contributed by atoms with Crippen LogP contribution in [0.15, 0.2) is 23.2 Å². The molecule has 1 saturated heterocycles. The maximum absolute atomic E-state index is 5.52. The van der Waals surface area contributed by atoms with E-state index in [0.717, 1.165) is 36.9 Å². The number of hydrogen-bond acceptors (Lipinski definition) is 3. The van der Waals surface area contributed by atoms with Gasteiger partial charge in [-0.3, -0.25) is 4.99 Å². The number of halogens is 1. The number of methoxy groups -OCH3 is 1. The van der Waals surface area contributed by atoms with Gasteiger partial charge >= 0.3 is 0 Å². The molecule has 0 radical (unpaired) electrons. The first kappa shape index (κ1) is 23.0. The highest BCUT2D eigenvalue weighted by Crippen LogP contribution is 2.26. The summed E-state index contributed by atoms with van der Waals surface area (Å²) >= 11 is 0. The van der Waals surface area contributed by atoms with Gasteiger partial charge in [0.15, 0.2) is 5.96 Å². The fraction of sp³-hybridized carbons (Fsp3) is 0.650. The van der Waals surface area contributed by atoms with Gasteiger partial charge < -0.3 is 20.3 Å². The Morgan fingerprint density at radius 2 is 2.19 bits per heavy atom. The fourth-order valence-corrected chi connectivity index (χ4v) is 3.44. The van der Waals surface area contributed by atoms with E-state index in [1.807, 2.05) is 6.07 Å². The summed E-state index contributed by atoms with van der Waals surface area (Å²) in [5, 5.41) is 6.90. The van der Waals surface area contributed by atoms with Crippen molar-refractivity contribution in [3.8, 4) is 5.75 Å². The molecule has 1 heterocycles. The standard InChI is InChI=1S/C20H34N4O.HI/c1-6-21-20(22-13-17-8-7-11-24(4)14-17)23-16(3)18-12-15(2)9-10-19(18)25-5;/h9-10,12,16-17H,6-8,11,13-14H2,1-5H3,(H2,21,22,23);1H. The van der Waals surface area contributed by atoms with E-state index < -0.39 is 0 Å². The third kappa shape index (κ3) is 6.95. The summed E-state index contributed by atoms with van der Waals surface area (Å²) in [6.45, 7) is 10.4. The topological polar surface area (TPSA) is 48.9 Å². The van der Waals surface area contributed by atoms with E-state index >= 15 is 0 Å². The number of aryl methyl sites for hydroxylation is 1. The molecule has 1 aromatic carbocycles. The predicted octanol–water partition coefficient (Wildman–Crippen LogP) is 3.58. The van der Waals surface area contributed by atoms with Crippen molar-refractivity contribution in [2.75, 3.05) is 40.3 Å². The zero-order valence-electron chi connectivity index (χ0n) is 16.8. The van der Waals surface area contributed by atoms with Crippen LogP contribution in [-0.4, -0.2) is 51.2 Å². The molecule has 1 aliphatic heterocycles. The number of benzene rings is 1. The smallest absolute Gasteiger partial charge is 0.191 e. The minimum atomic E-state index is 0. The molecular formula is C20H35IN4O. The maximum atomic E-state index is 5.52. The zero-order valence-corrected chi connectivity index (χ0v) is 19.2. The Hall–Kier alpha value is -1.02. The second-order valence-electron chi connectivity index (χ2n) is 7.10. The minimum Gasteiger partial charge on any atom is -0.496 e. The normalized spacial score (nSPS) is 19.4. The van der Waals surface area contributed by atoms with Gasteiger partial charge in [-0.1, -0.05) is 17.7 Å². The Morgan fingerprint density at radius 3 is 2.85 bits per heavy atom. The van der Waals surface area contributed by atoms with Crippen LogP contribution in [0.25, 0.3) is 0 Å². The third-order valence-electron chi connectivity index (χ3n) is 4.78. The van der Waals surface area contributed by atoms with Crippen molar-refractivity contribution in [2.45, 2.75) is 39.7 Å². The molecule has 0 bridgehead atoms. The molecular weight excluding hydrogens is 439 g/mol. The number of guanidine groups is 1. The van der Waals surface area contributed by atoms with Crippen LogP contribution in [0.3, 0.4) is 0 Å². The van der Waals surface area contributed by atoms with Crippen LogP contribution in [0, 0.1) is 12.8 Å². The van der Waals surface area contributed by atoms with Crippen molar-refractivity contribution < 1.29 is 4.74 Å². The summed E-state index contributed by atoms with van der Waals surface area (Å²) in [4.78, 5) is 7.25. The Morgan fingerprint density at radius 1 is 1.42 bits per heavy atom. The molecule has 0 spiro atoms. The SMILES string of the molecule is CCNC(=NCC1CCCN(C)C1)NC(C)c1cc(C)ccc1OC.I. The summed E-state index contributed by atoms with van der Waals surface area (Å²) in [5.41, 5.74) is 2.39. The van der Waals surface area contributed by atoms with E-state index in [4.69, 9.17) is 9.73 Å². The largest absolute Gasteiger partial charge is 0.496 e. The Kier molecular flexibility index (Phi) is 10.3. The number of rotatable bonds is 6. The minimum absolute atomic E-state index is 0. The van der Waals surface area contributed by atoms with E-state index in [1.165, 1.54) is 24.9 Å². The molecule has 6 heteroatoms. The van der Waals surface area contributed by atoms with Gasteiger partial charge in [-0.15, -0.1) is 24.0 Å². The average molecular weight is 474 g/mol. The number of ether oxygens (including phenoxy) is 1. The molecule has 2 N–H and O–H groups in total. The van der Waals surface area contributed by atoms with Gasteiger partial charge in [-0.25, -0.2) is 0 Å². The van der Waals surface area contributed by atoms with Crippen molar-refractivity contribution >= 4 is 29.9 Å². The molecule has 0 amide bonds. The van der Waals surface area contributed by atoms with Crippen molar-refractivity contribution in [2.24, 2.45) is 10.9 Å². The first-order valence-electron chi connectivity index (χ1n) is 9.41. The highest BCUT2D eigenvalue weighted by Gasteiger charge is 2.18. The lowest BCUT2D eigenvalue weighted by atomic mass is 9.99. The van der Waals surface area contributed by atoms with E-state index in [0.29, 0.717) is 5.92 Å². The molecule has 2 rings (SSSR count). The second kappa shape index (κ2) is 11.6. The molecule has 1 aromatic rings. The van der Waals surface area contributed by atoms with Crippen molar-refractivity contribution in [1.82, 2.24) is 15.5 Å². The van der Waals surface area contributed by atoms with E-state index in [2.05, 4.69) is 55.5 Å². The van der Waals surface area contributed by atoms with Crippen LogP contribution < -0.4 is 15.4 Å². The van der Waals surface area contributed by atoms with E-state index in [1.54, 1.807) is 7.11 Å². The molecule has 2 atom stereocenters. The third-order valence-corrected chi connectivity index (χ3v) is 4.78. The van der Waals surface area contributed by atoms with Gasteiger partial charge in [0.2, 0.25) is 0 Å². The molecule has 2 unspecified atom stereocenters. The van der Waals surface area contributed by atoms with Gasteiger partial charge in [0.1, 0.15) is 5.75 Å². The summed E-state index contributed by atoms with van der Waals surface area (Å²) in [5.74, 6) is 2.44. The van der Waals surface area contributed by atoms with Crippen LogP contribution >= 0.6 is 24.0 Å². The first-order chi connectivity index (χ1) is 12.0. The van der Waals surface area contributed by atoms with Gasteiger partial charge in [0.05, 0.1) is 13.2 Å². The van der Waals surface area contributed by atoms with Gasteiger partial charge in [-0.05, 0) is 59.2 Å². The van der Waals surface area contributed by atoms with Crippen LogP contribution in [0.2, 0.25) is 0 Å². The zero-order chi connectivity index (χ0) is 18.2. The number of aliphatic imine (C=N–C) groups is 1. The van der Waals surface area contributed by atoms with Crippen molar-refractivity contribution in [1.29, 1.82) is 0 Å². The number of hydrogen-bond donors (Lipinski definition) is 2. The Bertz CT molecular complexity index is 579. The Labute approximate surface area is 176 Å².